The highest BCUT2D eigenvalue weighted by atomic mass is 16.5. The van der Waals surface area contributed by atoms with Gasteiger partial charge in [0.05, 0.1) is 23.7 Å². The van der Waals surface area contributed by atoms with Crippen molar-refractivity contribution in [1.82, 2.24) is 9.55 Å². The van der Waals surface area contributed by atoms with Crippen molar-refractivity contribution in [3.63, 3.8) is 0 Å². The van der Waals surface area contributed by atoms with Gasteiger partial charge in [-0.2, -0.15) is 0 Å². The molecule has 4 heteroatoms. The lowest BCUT2D eigenvalue weighted by Gasteiger charge is -2.13. The average Bonchev–Trinajstić information content (AvgIpc) is 2.67. The van der Waals surface area contributed by atoms with Crippen molar-refractivity contribution in [3.8, 4) is 0 Å². The molecule has 0 fully saturated rings. The lowest BCUT2D eigenvalue weighted by molar-refractivity contribution is 0.0728. The van der Waals surface area contributed by atoms with Gasteiger partial charge in [-0.25, -0.2) is 4.98 Å². The topological polar surface area (TPSA) is 53.1 Å². The summed E-state index contributed by atoms with van der Waals surface area (Å²) in [7, 11) is 0. The van der Waals surface area contributed by atoms with Crippen molar-refractivity contribution >= 4 is 16.7 Å². The minimum Gasteiger partial charge on any atom is -0.399 e. The van der Waals surface area contributed by atoms with Gasteiger partial charge in [0.15, 0.2) is 0 Å². The summed E-state index contributed by atoms with van der Waals surface area (Å²) in [5.74, 6) is 1.47. The van der Waals surface area contributed by atoms with Crippen molar-refractivity contribution in [3.05, 3.63) is 24.0 Å². The molecule has 0 unspecified atom stereocenters. The molecule has 0 aliphatic heterocycles. The molecule has 2 aromatic rings. The maximum absolute atomic E-state index is 5.83. The van der Waals surface area contributed by atoms with E-state index in [0.29, 0.717) is 12.5 Å². The fraction of sp³-hybridized carbons (Fsp3) is 0.533. The minimum absolute atomic E-state index is 0.257. The van der Waals surface area contributed by atoms with Crippen molar-refractivity contribution in [1.29, 1.82) is 0 Å². The Labute approximate surface area is 114 Å². The first-order valence-corrected chi connectivity index (χ1v) is 6.86. The third-order valence-corrected chi connectivity index (χ3v) is 3.08. The van der Waals surface area contributed by atoms with E-state index in [0.717, 1.165) is 29.1 Å². The number of fused-ring (bicyclic) bond motifs is 1. The van der Waals surface area contributed by atoms with Gasteiger partial charge in [-0.05, 0) is 32.0 Å². The molecule has 0 aliphatic rings. The molecular formula is C15H23N3O. The first-order chi connectivity index (χ1) is 8.99. The number of anilines is 1. The molecule has 1 aromatic carbocycles. The predicted octanol–water partition coefficient (Wildman–Crippen LogP) is 3.17. The van der Waals surface area contributed by atoms with Crippen LogP contribution >= 0.6 is 0 Å². The van der Waals surface area contributed by atoms with E-state index >= 15 is 0 Å². The maximum atomic E-state index is 5.83. The van der Waals surface area contributed by atoms with Crippen LogP contribution in [0.1, 0.15) is 39.4 Å². The zero-order chi connectivity index (χ0) is 14.0. The van der Waals surface area contributed by atoms with Crippen LogP contribution in [-0.2, 0) is 11.3 Å². The van der Waals surface area contributed by atoms with E-state index in [1.807, 2.05) is 18.2 Å². The quantitative estimate of drug-likeness (QED) is 0.841. The van der Waals surface area contributed by atoms with Gasteiger partial charge < -0.3 is 15.0 Å². The lowest BCUT2D eigenvalue weighted by atomic mass is 10.2. The molecule has 0 spiro atoms. The summed E-state index contributed by atoms with van der Waals surface area (Å²) in [5.41, 5.74) is 8.68. The monoisotopic (exact) mass is 261 g/mol. The Bertz CT molecular complexity index is 558. The molecule has 2 rings (SSSR count). The zero-order valence-electron chi connectivity index (χ0n) is 12.2. The Morgan fingerprint density at radius 1 is 1.26 bits per heavy atom. The molecule has 0 aliphatic carbocycles. The summed E-state index contributed by atoms with van der Waals surface area (Å²) in [4.78, 5) is 4.70. The second-order valence-electron chi connectivity index (χ2n) is 5.44. The summed E-state index contributed by atoms with van der Waals surface area (Å²) in [6.07, 6.45) is 0.257. The fourth-order valence-electron chi connectivity index (χ4n) is 2.22. The Morgan fingerprint density at radius 2 is 2.00 bits per heavy atom. The van der Waals surface area contributed by atoms with E-state index in [1.165, 1.54) is 0 Å². The molecule has 2 N–H and O–H groups in total. The Balaban J connectivity index is 2.35. The Morgan fingerprint density at radius 3 is 2.63 bits per heavy atom. The number of nitrogen functional groups attached to an aromatic ring is 1. The molecule has 0 atom stereocenters. The highest BCUT2D eigenvalue weighted by Gasteiger charge is 2.13. The van der Waals surface area contributed by atoms with E-state index in [9.17, 15) is 0 Å². The second kappa shape index (κ2) is 5.61. The average molecular weight is 261 g/mol. The van der Waals surface area contributed by atoms with Gasteiger partial charge in [0.25, 0.3) is 0 Å². The van der Waals surface area contributed by atoms with Crippen LogP contribution in [0.25, 0.3) is 11.0 Å². The van der Waals surface area contributed by atoms with Crippen LogP contribution in [0.5, 0.6) is 0 Å². The molecule has 19 heavy (non-hydrogen) atoms. The van der Waals surface area contributed by atoms with Crippen LogP contribution in [-0.4, -0.2) is 22.3 Å². The number of imidazole rings is 1. The fourth-order valence-corrected chi connectivity index (χ4v) is 2.22. The summed E-state index contributed by atoms with van der Waals surface area (Å²) in [6.45, 7) is 9.94. The first-order valence-electron chi connectivity index (χ1n) is 6.86. The largest absolute Gasteiger partial charge is 0.399 e. The molecule has 0 radical (unpaired) electrons. The summed E-state index contributed by atoms with van der Waals surface area (Å²) < 4.78 is 7.89. The number of hydrogen-bond acceptors (Lipinski definition) is 3. The number of nitrogens with two attached hydrogens (primary N) is 1. The van der Waals surface area contributed by atoms with Crippen LogP contribution in [0.4, 0.5) is 5.69 Å². The van der Waals surface area contributed by atoms with Crippen LogP contribution in [0.2, 0.25) is 0 Å². The number of hydrogen-bond donors (Lipinski definition) is 1. The van der Waals surface area contributed by atoms with Crippen LogP contribution in [0.15, 0.2) is 18.2 Å². The molecule has 0 amide bonds. The third kappa shape index (κ3) is 3.07. The standard InChI is InChI=1S/C15H23N3O/c1-10(2)15-17-13-9-12(16)5-6-14(13)18(15)7-8-19-11(3)4/h5-6,9-11H,7-8,16H2,1-4H3. The summed E-state index contributed by atoms with van der Waals surface area (Å²) in [6, 6.07) is 5.90. The van der Waals surface area contributed by atoms with Crippen molar-refractivity contribution in [2.75, 3.05) is 12.3 Å². The van der Waals surface area contributed by atoms with Gasteiger partial charge in [0, 0.05) is 18.2 Å². The predicted molar refractivity (Wildman–Crippen MR) is 79.3 cm³/mol. The van der Waals surface area contributed by atoms with Crippen molar-refractivity contribution < 1.29 is 4.74 Å². The van der Waals surface area contributed by atoms with Gasteiger partial charge in [-0.1, -0.05) is 13.8 Å². The van der Waals surface area contributed by atoms with Crippen LogP contribution < -0.4 is 5.73 Å². The van der Waals surface area contributed by atoms with E-state index in [4.69, 9.17) is 15.5 Å². The zero-order valence-corrected chi connectivity index (χ0v) is 12.2. The Kier molecular flexibility index (Phi) is 4.10. The molecule has 4 nitrogen and oxygen atoms in total. The van der Waals surface area contributed by atoms with Gasteiger partial charge in [-0.3, -0.25) is 0 Å². The number of ether oxygens (including phenoxy) is 1. The van der Waals surface area contributed by atoms with E-state index < -0.39 is 0 Å². The van der Waals surface area contributed by atoms with Gasteiger partial charge in [0.1, 0.15) is 5.82 Å². The van der Waals surface area contributed by atoms with Gasteiger partial charge in [0.2, 0.25) is 0 Å². The van der Waals surface area contributed by atoms with E-state index in [2.05, 4.69) is 32.3 Å². The molecule has 1 heterocycles. The SMILES string of the molecule is CC(C)OCCn1c(C(C)C)nc2cc(N)ccc21. The minimum atomic E-state index is 0.257. The van der Waals surface area contributed by atoms with Crippen LogP contribution in [0, 0.1) is 0 Å². The summed E-state index contributed by atoms with van der Waals surface area (Å²) >= 11 is 0. The smallest absolute Gasteiger partial charge is 0.112 e. The van der Waals surface area contributed by atoms with Crippen molar-refractivity contribution in [2.24, 2.45) is 0 Å². The number of aromatic nitrogens is 2. The highest BCUT2D eigenvalue weighted by Crippen LogP contribution is 2.23. The number of nitrogens with zero attached hydrogens (tertiary/aromatic N) is 2. The van der Waals surface area contributed by atoms with Crippen molar-refractivity contribution in [2.45, 2.75) is 46.3 Å². The highest BCUT2D eigenvalue weighted by molar-refractivity contribution is 5.79. The Hall–Kier alpha value is -1.55. The molecule has 104 valence electrons. The maximum Gasteiger partial charge on any atom is 0.112 e. The molecule has 0 saturated carbocycles. The second-order valence-corrected chi connectivity index (χ2v) is 5.44. The molecule has 0 saturated heterocycles. The molecule has 1 aromatic heterocycles. The van der Waals surface area contributed by atoms with Gasteiger partial charge >= 0.3 is 0 Å². The molecular weight excluding hydrogens is 238 g/mol. The third-order valence-electron chi connectivity index (χ3n) is 3.08. The first kappa shape index (κ1) is 13.9. The number of benzene rings is 1. The number of rotatable bonds is 5. The lowest BCUT2D eigenvalue weighted by Crippen LogP contribution is -2.13. The van der Waals surface area contributed by atoms with E-state index in [1.54, 1.807) is 0 Å². The normalized spacial score (nSPS) is 11.9. The molecule has 0 bridgehead atoms. The van der Waals surface area contributed by atoms with E-state index in [-0.39, 0.29) is 6.10 Å². The summed E-state index contributed by atoms with van der Waals surface area (Å²) in [5, 5.41) is 0. The van der Waals surface area contributed by atoms with Crippen LogP contribution in [0.3, 0.4) is 0 Å². The van der Waals surface area contributed by atoms with Gasteiger partial charge in [-0.15, -0.1) is 0 Å².